The molecule has 1 saturated heterocycles. The molecule has 4 rings (SSSR count). The SMILES string of the molecule is [C-]#[N+]c1ccc(N2C(=O)N(CCCOc3ccc(-c4cc[n+](C)cc4)cc3)C(C)(C)C2=O)cc1F. The number of anilines is 1. The fourth-order valence-electron chi connectivity index (χ4n) is 4.01. The predicted molar refractivity (Wildman–Crippen MR) is 129 cm³/mol. The molecule has 0 atom stereocenters. The molecule has 8 heteroatoms. The molecule has 0 aliphatic carbocycles. The van der Waals surface area contributed by atoms with E-state index in [0.29, 0.717) is 19.6 Å². The van der Waals surface area contributed by atoms with Crippen molar-refractivity contribution < 1.29 is 23.3 Å². The molecule has 1 aliphatic heterocycles. The second kappa shape index (κ2) is 9.55. The number of amides is 3. The maximum atomic E-state index is 14.1. The summed E-state index contributed by atoms with van der Waals surface area (Å²) in [4.78, 5) is 31.6. The number of urea groups is 1. The first-order valence-electron chi connectivity index (χ1n) is 11.2. The fourth-order valence-corrected chi connectivity index (χ4v) is 4.01. The first kappa shape index (κ1) is 23.9. The van der Waals surface area contributed by atoms with Crippen molar-refractivity contribution >= 4 is 23.3 Å². The Morgan fingerprint density at radius 3 is 2.31 bits per heavy atom. The summed E-state index contributed by atoms with van der Waals surface area (Å²) >= 11 is 0. The summed E-state index contributed by atoms with van der Waals surface area (Å²) in [5.74, 6) is -0.492. The maximum Gasteiger partial charge on any atom is 0.332 e. The van der Waals surface area contributed by atoms with Crippen LogP contribution in [0.5, 0.6) is 5.75 Å². The van der Waals surface area contributed by atoms with E-state index in [0.717, 1.165) is 27.8 Å². The quantitative estimate of drug-likeness (QED) is 0.213. The third kappa shape index (κ3) is 4.71. The largest absolute Gasteiger partial charge is 0.494 e. The third-order valence-corrected chi connectivity index (χ3v) is 6.09. The Bertz CT molecular complexity index is 1300. The number of imide groups is 1. The lowest BCUT2D eigenvalue weighted by molar-refractivity contribution is -0.671. The zero-order chi connectivity index (χ0) is 25.2. The Balaban J connectivity index is 1.36. The molecule has 3 aromatic rings. The number of carbonyl (C=O) groups is 2. The van der Waals surface area contributed by atoms with Gasteiger partial charge in [0, 0.05) is 18.7 Å². The van der Waals surface area contributed by atoms with Crippen LogP contribution in [0.3, 0.4) is 0 Å². The maximum absolute atomic E-state index is 14.1. The van der Waals surface area contributed by atoms with E-state index in [-0.39, 0.29) is 11.4 Å². The summed E-state index contributed by atoms with van der Waals surface area (Å²) in [6, 6.07) is 15.1. The minimum Gasteiger partial charge on any atom is -0.494 e. The van der Waals surface area contributed by atoms with Crippen LogP contribution < -0.4 is 14.2 Å². The van der Waals surface area contributed by atoms with Gasteiger partial charge in [-0.1, -0.05) is 18.2 Å². The molecule has 1 aliphatic rings. The third-order valence-electron chi connectivity index (χ3n) is 6.09. The van der Waals surface area contributed by atoms with Crippen LogP contribution in [0.25, 0.3) is 16.0 Å². The van der Waals surface area contributed by atoms with E-state index >= 15 is 0 Å². The highest BCUT2D eigenvalue weighted by Gasteiger charge is 2.51. The molecule has 0 spiro atoms. The van der Waals surface area contributed by atoms with Crippen LogP contribution in [0.1, 0.15) is 20.3 Å². The molecular formula is C27H26FN4O3+. The molecule has 178 valence electrons. The van der Waals surface area contributed by atoms with Crippen molar-refractivity contribution in [2.24, 2.45) is 7.05 Å². The number of aromatic nitrogens is 1. The first-order chi connectivity index (χ1) is 16.7. The topological polar surface area (TPSA) is 58.1 Å². The molecule has 0 bridgehead atoms. The zero-order valence-electron chi connectivity index (χ0n) is 19.9. The van der Waals surface area contributed by atoms with Gasteiger partial charge >= 0.3 is 6.03 Å². The summed E-state index contributed by atoms with van der Waals surface area (Å²) in [5, 5.41) is 0. The number of ether oxygens (including phenoxy) is 1. The zero-order valence-corrected chi connectivity index (χ0v) is 19.9. The Morgan fingerprint density at radius 1 is 1.03 bits per heavy atom. The molecule has 35 heavy (non-hydrogen) atoms. The average molecular weight is 474 g/mol. The lowest BCUT2D eigenvalue weighted by atomic mass is 10.0. The van der Waals surface area contributed by atoms with Crippen LogP contribution in [-0.4, -0.2) is 35.5 Å². The second-order valence-corrected chi connectivity index (χ2v) is 8.86. The normalized spacial score (nSPS) is 14.8. The molecule has 0 saturated carbocycles. The van der Waals surface area contributed by atoms with Crippen molar-refractivity contribution in [1.29, 1.82) is 0 Å². The van der Waals surface area contributed by atoms with Gasteiger partial charge in [-0.05, 0) is 55.7 Å². The molecule has 1 aromatic heterocycles. The highest BCUT2D eigenvalue weighted by Crippen LogP contribution is 2.34. The first-order valence-corrected chi connectivity index (χ1v) is 11.2. The van der Waals surface area contributed by atoms with Crippen molar-refractivity contribution in [3.63, 3.8) is 0 Å². The predicted octanol–water partition coefficient (Wildman–Crippen LogP) is 4.88. The van der Waals surface area contributed by atoms with Gasteiger partial charge in [0.05, 0.1) is 18.9 Å². The van der Waals surface area contributed by atoms with Crippen molar-refractivity contribution in [2.75, 3.05) is 18.1 Å². The van der Waals surface area contributed by atoms with Gasteiger partial charge in [-0.3, -0.25) is 4.79 Å². The molecule has 2 heterocycles. The van der Waals surface area contributed by atoms with Gasteiger partial charge in [-0.2, -0.15) is 0 Å². The van der Waals surface area contributed by atoms with Crippen LogP contribution in [0, 0.1) is 12.4 Å². The van der Waals surface area contributed by atoms with Gasteiger partial charge in [0.25, 0.3) is 5.91 Å². The summed E-state index contributed by atoms with van der Waals surface area (Å²) < 4.78 is 21.9. The van der Waals surface area contributed by atoms with Gasteiger partial charge in [-0.25, -0.2) is 23.5 Å². The Morgan fingerprint density at radius 2 is 1.69 bits per heavy atom. The number of hydrogen-bond acceptors (Lipinski definition) is 3. The van der Waals surface area contributed by atoms with Gasteiger partial charge in [0.2, 0.25) is 5.69 Å². The van der Waals surface area contributed by atoms with E-state index < -0.39 is 23.3 Å². The number of hydrogen-bond donors (Lipinski definition) is 0. The standard InChI is InChI=1S/C27H26FN4O3/c1-27(2)25(33)32(21-8-11-24(29-3)23(28)18-21)26(34)31(27)14-5-17-35-22-9-6-19(7-10-22)20-12-15-30(4)16-13-20/h6-13,15-16,18H,5,14,17H2,1-2,4H3/q+1. The van der Waals surface area contributed by atoms with Crippen LogP contribution in [0.4, 0.5) is 20.6 Å². The van der Waals surface area contributed by atoms with Crippen molar-refractivity contribution in [3.8, 4) is 16.9 Å². The molecule has 1 fully saturated rings. The monoisotopic (exact) mass is 473 g/mol. The number of aryl methyl sites for hydroxylation is 1. The average Bonchev–Trinajstić information content (AvgIpc) is 3.01. The van der Waals surface area contributed by atoms with Crippen molar-refractivity contribution in [3.05, 3.63) is 84.2 Å². The molecule has 7 nitrogen and oxygen atoms in total. The summed E-state index contributed by atoms with van der Waals surface area (Å²) in [6.07, 6.45) is 4.50. The Kier molecular flexibility index (Phi) is 6.52. The number of carbonyl (C=O) groups excluding carboxylic acids is 2. The highest BCUT2D eigenvalue weighted by molar-refractivity contribution is 6.23. The number of benzene rings is 2. The van der Waals surface area contributed by atoms with Crippen LogP contribution >= 0.6 is 0 Å². The van der Waals surface area contributed by atoms with Crippen LogP contribution in [0.15, 0.2) is 67.0 Å². The number of pyridine rings is 1. The molecule has 2 aromatic carbocycles. The second-order valence-electron chi connectivity index (χ2n) is 8.86. The lowest BCUT2D eigenvalue weighted by Gasteiger charge is -2.27. The molecule has 0 N–H and O–H groups in total. The summed E-state index contributed by atoms with van der Waals surface area (Å²) in [5.41, 5.74) is 1.07. The molecule has 3 amide bonds. The van der Waals surface area contributed by atoms with E-state index in [1.165, 1.54) is 17.0 Å². The van der Waals surface area contributed by atoms with Crippen molar-refractivity contribution in [2.45, 2.75) is 25.8 Å². The minimum atomic E-state index is -1.08. The summed E-state index contributed by atoms with van der Waals surface area (Å²) in [6.45, 7) is 11.0. The van der Waals surface area contributed by atoms with Crippen LogP contribution in [-0.2, 0) is 11.8 Å². The van der Waals surface area contributed by atoms with E-state index in [1.54, 1.807) is 13.8 Å². The van der Waals surface area contributed by atoms with E-state index in [2.05, 4.69) is 4.85 Å². The molecule has 0 radical (unpaired) electrons. The Hall–Kier alpha value is -4.25. The Labute approximate surface area is 203 Å². The van der Waals surface area contributed by atoms with E-state index in [1.807, 2.05) is 60.4 Å². The number of halogens is 1. The number of nitrogens with zero attached hydrogens (tertiary/aromatic N) is 4. The van der Waals surface area contributed by atoms with Gasteiger partial charge < -0.3 is 9.64 Å². The summed E-state index contributed by atoms with van der Waals surface area (Å²) in [7, 11) is 1.97. The fraction of sp³-hybridized carbons (Fsp3) is 0.259. The highest BCUT2D eigenvalue weighted by atomic mass is 19.1. The van der Waals surface area contributed by atoms with Crippen LogP contribution in [0.2, 0.25) is 0 Å². The molecular weight excluding hydrogens is 447 g/mol. The van der Waals surface area contributed by atoms with Gasteiger partial charge in [-0.15, -0.1) is 0 Å². The van der Waals surface area contributed by atoms with Gasteiger partial charge in [0.15, 0.2) is 12.4 Å². The van der Waals surface area contributed by atoms with E-state index in [9.17, 15) is 14.0 Å². The molecule has 0 unspecified atom stereocenters. The smallest absolute Gasteiger partial charge is 0.332 e. The lowest BCUT2D eigenvalue weighted by Crippen LogP contribution is -2.44. The minimum absolute atomic E-state index is 0.115. The number of rotatable bonds is 7. The van der Waals surface area contributed by atoms with Crippen molar-refractivity contribution in [1.82, 2.24) is 4.90 Å². The van der Waals surface area contributed by atoms with Gasteiger partial charge in [0.1, 0.15) is 24.2 Å². The van der Waals surface area contributed by atoms with E-state index in [4.69, 9.17) is 11.3 Å².